The summed E-state index contributed by atoms with van der Waals surface area (Å²) in [4.78, 5) is 23.6. The van der Waals surface area contributed by atoms with Crippen LogP contribution in [0.15, 0.2) is 23.2 Å². The first kappa shape index (κ1) is 23.1. The van der Waals surface area contributed by atoms with Gasteiger partial charge in [-0.3, -0.25) is 9.79 Å². The van der Waals surface area contributed by atoms with Crippen molar-refractivity contribution in [1.82, 2.24) is 0 Å². The molecule has 0 bridgehead atoms. The molecule has 1 aromatic rings. The van der Waals surface area contributed by atoms with Crippen molar-refractivity contribution in [2.75, 3.05) is 13.2 Å². The quantitative estimate of drug-likeness (QED) is 0.319. The van der Waals surface area contributed by atoms with E-state index in [2.05, 4.69) is 11.1 Å². The van der Waals surface area contributed by atoms with Gasteiger partial charge in [0, 0.05) is 6.42 Å². The fourth-order valence-corrected chi connectivity index (χ4v) is 2.66. The number of rotatable bonds is 6. The number of nitrogens with zero attached hydrogens (tertiary/aromatic N) is 1. The lowest BCUT2D eigenvalue weighted by Gasteiger charge is -2.23. The molecule has 1 aliphatic rings. The average Bonchev–Trinajstić information content (AvgIpc) is 2.57. The molecule has 1 unspecified atom stereocenters. The highest BCUT2D eigenvalue weighted by Crippen LogP contribution is 2.30. The second-order valence-electron chi connectivity index (χ2n) is 6.10. The second kappa shape index (κ2) is 10.4. The number of guanidine groups is 1. The Kier molecular flexibility index (Phi) is 8.55. The Balaban J connectivity index is 0.000000480. The number of alkyl halides is 3. The summed E-state index contributed by atoms with van der Waals surface area (Å²) in [5.74, 6) is -2.44. The molecule has 0 fully saturated rings. The molecular weight excluding hydrogens is 383 g/mol. The normalized spacial score (nSPS) is 15.5. The van der Waals surface area contributed by atoms with E-state index in [1.165, 1.54) is 11.1 Å². The molecule has 0 spiro atoms. The summed E-state index contributed by atoms with van der Waals surface area (Å²) in [6.45, 7) is 0.830. The van der Waals surface area contributed by atoms with E-state index in [1.54, 1.807) is 0 Å². The molecule has 0 heterocycles. The number of hydrogen-bond donors (Lipinski definition) is 4. The van der Waals surface area contributed by atoms with Crippen LogP contribution in [0, 0.1) is 5.92 Å². The first-order chi connectivity index (χ1) is 13.0. The fraction of sp³-hybridized carbons (Fsp3) is 0.471. The molecule has 1 atom stereocenters. The zero-order valence-corrected chi connectivity index (χ0v) is 14.9. The van der Waals surface area contributed by atoms with Crippen molar-refractivity contribution in [1.29, 1.82) is 0 Å². The number of benzene rings is 1. The summed E-state index contributed by atoms with van der Waals surface area (Å²) in [7, 11) is 0. The lowest BCUT2D eigenvalue weighted by atomic mass is 9.82. The van der Waals surface area contributed by atoms with Crippen molar-refractivity contribution in [3.05, 3.63) is 29.3 Å². The molecular formula is C17H22F3N3O5. The molecule has 0 amide bonds. The van der Waals surface area contributed by atoms with E-state index in [0.29, 0.717) is 13.2 Å². The van der Waals surface area contributed by atoms with Crippen molar-refractivity contribution in [2.45, 2.75) is 31.9 Å². The van der Waals surface area contributed by atoms with Crippen molar-refractivity contribution >= 4 is 17.9 Å². The summed E-state index contributed by atoms with van der Waals surface area (Å²) in [6.07, 6.45) is -2.19. The molecule has 0 aromatic heterocycles. The third kappa shape index (κ3) is 8.60. The van der Waals surface area contributed by atoms with Gasteiger partial charge in [0.15, 0.2) is 5.96 Å². The number of carboxylic acid groups (broad SMARTS) is 2. The molecule has 0 aliphatic heterocycles. The molecule has 11 heteroatoms. The van der Waals surface area contributed by atoms with E-state index in [9.17, 15) is 18.0 Å². The van der Waals surface area contributed by atoms with Gasteiger partial charge in [0.1, 0.15) is 12.4 Å². The van der Waals surface area contributed by atoms with Crippen LogP contribution in [-0.4, -0.2) is 47.4 Å². The minimum Gasteiger partial charge on any atom is -0.492 e. The van der Waals surface area contributed by atoms with E-state index in [-0.39, 0.29) is 18.3 Å². The molecule has 1 aliphatic carbocycles. The largest absolute Gasteiger partial charge is 0.492 e. The number of aliphatic imine (C=N–C) groups is 1. The molecule has 0 saturated heterocycles. The molecule has 28 heavy (non-hydrogen) atoms. The predicted octanol–water partition coefficient (Wildman–Crippen LogP) is 1.55. The smallest absolute Gasteiger partial charge is 0.490 e. The molecule has 6 N–H and O–H groups in total. The van der Waals surface area contributed by atoms with Crippen LogP contribution in [0.1, 0.15) is 24.0 Å². The summed E-state index contributed by atoms with van der Waals surface area (Å²) >= 11 is 0. The Morgan fingerprint density at radius 2 is 1.86 bits per heavy atom. The minimum atomic E-state index is -5.08. The van der Waals surface area contributed by atoms with E-state index in [0.717, 1.165) is 25.0 Å². The topological polar surface area (TPSA) is 148 Å². The van der Waals surface area contributed by atoms with Crippen molar-refractivity contribution in [2.24, 2.45) is 22.4 Å². The highest BCUT2D eigenvalue weighted by Gasteiger charge is 2.38. The maximum absolute atomic E-state index is 10.8. The van der Waals surface area contributed by atoms with Crippen molar-refractivity contribution in [3.63, 3.8) is 0 Å². The fourth-order valence-electron chi connectivity index (χ4n) is 2.66. The number of hydrogen-bond acceptors (Lipinski definition) is 4. The highest BCUT2D eigenvalue weighted by molar-refractivity contribution is 5.75. The third-order valence-corrected chi connectivity index (χ3v) is 3.87. The van der Waals surface area contributed by atoms with Crippen molar-refractivity contribution in [3.8, 4) is 5.75 Å². The molecule has 0 radical (unpaired) electrons. The van der Waals surface area contributed by atoms with Crippen molar-refractivity contribution < 1.29 is 37.7 Å². The Bertz CT molecular complexity index is 718. The monoisotopic (exact) mass is 405 g/mol. The number of nitrogens with two attached hydrogens (primary N) is 2. The molecule has 1 aromatic carbocycles. The maximum atomic E-state index is 10.8. The van der Waals surface area contributed by atoms with E-state index < -0.39 is 18.1 Å². The van der Waals surface area contributed by atoms with Crippen LogP contribution in [0.3, 0.4) is 0 Å². The summed E-state index contributed by atoms with van der Waals surface area (Å²) in [5, 5.41) is 16.0. The Labute approximate surface area is 159 Å². The Morgan fingerprint density at radius 1 is 1.21 bits per heavy atom. The summed E-state index contributed by atoms with van der Waals surface area (Å²) in [6, 6.07) is 5.99. The summed E-state index contributed by atoms with van der Waals surface area (Å²) in [5.41, 5.74) is 13.0. The van der Waals surface area contributed by atoms with Gasteiger partial charge in [0.05, 0.1) is 6.54 Å². The van der Waals surface area contributed by atoms with Gasteiger partial charge >= 0.3 is 18.1 Å². The van der Waals surface area contributed by atoms with Gasteiger partial charge < -0.3 is 26.4 Å². The lowest BCUT2D eigenvalue weighted by molar-refractivity contribution is -0.192. The zero-order valence-electron chi connectivity index (χ0n) is 14.9. The first-order valence-electron chi connectivity index (χ1n) is 8.31. The van der Waals surface area contributed by atoms with Crippen LogP contribution < -0.4 is 16.2 Å². The number of fused-ring (bicyclic) bond motifs is 1. The van der Waals surface area contributed by atoms with Gasteiger partial charge in [0.2, 0.25) is 0 Å². The number of halogens is 3. The van der Waals surface area contributed by atoms with Crippen LogP contribution in [-0.2, 0) is 22.4 Å². The molecule has 0 saturated carbocycles. The predicted molar refractivity (Wildman–Crippen MR) is 94.1 cm³/mol. The molecule has 2 rings (SSSR count). The maximum Gasteiger partial charge on any atom is 0.490 e. The van der Waals surface area contributed by atoms with Gasteiger partial charge in [-0.1, -0.05) is 6.07 Å². The second-order valence-corrected chi connectivity index (χ2v) is 6.10. The Hall–Kier alpha value is -2.98. The van der Waals surface area contributed by atoms with Crippen LogP contribution in [0.4, 0.5) is 13.2 Å². The van der Waals surface area contributed by atoms with Gasteiger partial charge in [-0.25, -0.2) is 4.79 Å². The number of aliphatic carboxylic acids is 2. The van der Waals surface area contributed by atoms with Gasteiger partial charge in [-0.05, 0) is 48.4 Å². The number of ether oxygens (including phenoxy) is 1. The standard InChI is InChI=1S/C15H21N3O3.C2HF3O2/c16-15(17)18-5-6-21-13-4-3-11-2-1-10(8-14(19)20)7-12(11)9-13;3-2(4,5)1(6)7/h3-4,9-10H,1-2,5-8H2,(H,19,20)(H4,16,17,18);(H,6,7). The SMILES string of the molecule is NC(N)=NCCOc1ccc2c(c1)CC(CC(=O)O)CC2.O=C(O)C(F)(F)F. The molecule has 156 valence electrons. The van der Waals surface area contributed by atoms with Crippen LogP contribution in [0.5, 0.6) is 5.75 Å². The average molecular weight is 405 g/mol. The van der Waals surface area contributed by atoms with Crippen LogP contribution in [0.2, 0.25) is 0 Å². The third-order valence-electron chi connectivity index (χ3n) is 3.87. The first-order valence-corrected chi connectivity index (χ1v) is 8.31. The number of carboxylic acids is 2. The number of aryl methyl sites for hydroxylation is 1. The van der Waals surface area contributed by atoms with Gasteiger partial charge in [0.25, 0.3) is 0 Å². The lowest BCUT2D eigenvalue weighted by Crippen LogP contribution is -2.23. The van der Waals surface area contributed by atoms with E-state index >= 15 is 0 Å². The van der Waals surface area contributed by atoms with Gasteiger partial charge in [-0.2, -0.15) is 13.2 Å². The van der Waals surface area contributed by atoms with Crippen LogP contribution >= 0.6 is 0 Å². The number of carbonyl (C=O) groups is 2. The zero-order chi connectivity index (χ0) is 21.3. The van der Waals surface area contributed by atoms with Crippen LogP contribution in [0.25, 0.3) is 0 Å². The summed E-state index contributed by atoms with van der Waals surface area (Å²) < 4.78 is 37.3. The molecule has 8 nitrogen and oxygen atoms in total. The highest BCUT2D eigenvalue weighted by atomic mass is 19.4. The van der Waals surface area contributed by atoms with E-state index in [1.807, 2.05) is 12.1 Å². The van der Waals surface area contributed by atoms with E-state index in [4.69, 9.17) is 31.2 Å². The minimum absolute atomic E-state index is 0.0561. The van der Waals surface area contributed by atoms with Gasteiger partial charge in [-0.15, -0.1) is 0 Å². The Morgan fingerprint density at radius 3 is 2.39 bits per heavy atom.